The first-order valence-electron chi connectivity index (χ1n) is 8.15. The average Bonchev–Trinajstić information content (AvgIpc) is 2.64. The lowest BCUT2D eigenvalue weighted by Crippen LogP contribution is -2.41. The fraction of sp³-hybridized carbons (Fsp3) is 0.938. The summed E-state index contributed by atoms with van der Waals surface area (Å²) in [5.41, 5.74) is 0. The minimum atomic E-state index is -0.626. The molecule has 1 saturated carbocycles. The summed E-state index contributed by atoms with van der Waals surface area (Å²) in [5, 5.41) is 8.86. The van der Waals surface area contributed by atoms with Crippen molar-refractivity contribution < 1.29 is 9.90 Å². The van der Waals surface area contributed by atoms with E-state index >= 15 is 0 Å². The van der Waals surface area contributed by atoms with Crippen molar-refractivity contribution in [3.8, 4) is 0 Å². The van der Waals surface area contributed by atoms with Crippen LogP contribution in [0.4, 0.5) is 0 Å². The van der Waals surface area contributed by atoms with Crippen molar-refractivity contribution in [2.24, 2.45) is 11.8 Å². The Hall–Kier alpha value is -0.570. The molecule has 0 spiro atoms. The maximum Gasteiger partial charge on any atom is 0.303 e. The Bertz CT molecular complexity index is 284. The number of carbonyl (C=O) groups is 1. The van der Waals surface area contributed by atoms with Gasteiger partial charge in [0.15, 0.2) is 0 Å². The van der Waals surface area contributed by atoms with E-state index in [1.807, 2.05) is 0 Å². The molecule has 2 rings (SSSR count). The summed E-state index contributed by atoms with van der Waals surface area (Å²) in [6.07, 6.45) is 10.8. The number of piperidine rings is 1. The van der Waals surface area contributed by atoms with Gasteiger partial charge in [-0.25, -0.2) is 0 Å². The lowest BCUT2D eigenvalue weighted by atomic mass is 9.91. The highest BCUT2D eigenvalue weighted by atomic mass is 16.4. The topological polar surface area (TPSA) is 40.5 Å². The molecule has 2 unspecified atom stereocenters. The van der Waals surface area contributed by atoms with Gasteiger partial charge in [-0.05, 0) is 57.0 Å². The minimum absolute atomic E-state index is 0.371. The standard InChI is InChI=1S/C16H29NO2/c1-2-13-4-3-5-15(7-6-13)17-10-8-14(9-11-17)12-16(18)19/h13-15H,2-12H2,1H3,(H,18,19). The van der Waals surface area contributed by atoms with Crippen LogP contribution in [0.3, 0.4) is 0 Å². The van der Waals surface area contributed by atoms with Crippen molar-refractivity contribution in [3.05, 3.63) is 0 Å². The minimum Gasteiger partial charge on any atom is -0.481 e. The molecule has 0 aromatic heterocycles. The number of likely N-dealkylation sites (tertiary alicyclic amines) is 1. The largest absolute Gasteiger partial charge is 0.481 e. The highest BCUT2D eigenvalue weighted by molar-refractivity contribution is 5.67. The van der Waals surface area contributed by atoms with Gasteiger partial charge < -0.3 is 10.0 Å². The average molecular weight is 267 g/mol. The molecule has 3 nitrogen and oxygen atoms in total. The number of carboxylic acid groups (broad SMARTS) is 1. The first-order valence-corrected chi connectivity index (χ1v) is 8.15. The third kappa shape index (κ3) is 4.48. The van der Waals surface area contributed by atoms with E-state index in [-0.39, 0.29) is 0 Å². The molecule has 2 atom stereocenters. The number of carboxylic acids is 1. The van der Waals surface area contributed by atoms with E-state index in [9.17, 15) is 4.79 Å². The van der Waals surface area contributed by atoms with Gasteiger partial charge in [0.2, 0.25) is 0 Å². The molecule has 1 aliphatic heterocycles. The third-order valence-corrected chi connectivity index (χ3v) is 5.26. The monoisotopic (exact) mass is 267 g/mol. The van der Waals surface area contributed by atoms with Crippen LogP contribution in [-0.2, 0) is 4.79 Å². The van der Waals surface area contributed by atoms with Gasteiger partial charge >= 0.3 is 5.97 Å². The van der Waals surface area contributed by atoms with E-state index < -0.39 is 5.97 Å². The highest BCUT2D eigenvalue weighted by Crippen LogP contribution is 2.30. The molecule has 1 aliphatic carbocycles. The summed E-state index contributed by atoms with van der Waals surface area (Å²) < 4.78 is 0. The zero-order chi connectivity index (χ0) is 13.7. The van der Waals surface area contributed by atoms with Gasteiger partial charge in [0, 0.05) is 12.5 Å². The molecule has 0 amide bonds. The number of hydrogen-bond donors (Lipinski definition) is 1. The van der Waals surface area contributed by atoms with E-state index in [0.29, 0.717) is 12.3 Å². The Labute approximate surface area is 117 Å². The van der Waals surface area contributed by atoms with Crippen LogP contribution in [0.5, 0.6) is 0 Å². The van der Waals surface area contributed by atoms with E-state index in [0.717, 1.165) is 37.9 Å². The lowest BCUT2D eigenvalue weighted by molar-refractivity contribution is -0.138. The SMILES string of the molecule is CCC1CCCC(N2CCC(CC(=O)O)CC2)CC1. The van der Waals surface area contributed by atoms with E-state index in [2.05, 4.69) is 11.8 Å². The van der Waals surface area contributed by atoms with E-state index in [1.165, 1.54) is 38.5 Å². The Morgan fingerprint density at radius 2 is 1.79 bits per heavy atom. The quantitative estimate of drug-likeness (QED) is 0.792. The Balaban J connectivity index is 1.76. The molecule has 3 heteroatoms. The lowest BCUT2D eigenvalue weighted by Gasteiger charge is -2.37. The fourth-order valence-corrected chi connectivity index (χ4v) is 3.90. The second-order valence-corrected chi connectivity index (χ2v) is 6.51. The van der Waals surface area contributed by atoms with Crippen LogP contribution < -0.4 is 0 Å². The molecule has 2 aliphatic rings. The summed E-state index contributed by atoms with van der Waals surface area (Å²) in [7, 11) is 0. The van der Waals surface area contributed by atoms with Crippen LogP contribution in [-0.4, -0.2) is 35.1 Å². The molecule has 0 radical (unpaired) electrons. The highest BCUT2D eigenvalue weighted by Gasteiger charge is 2.27. The van der Waals surface area contributed by atoms with Gasteiger partial charge in [-0.15, -0.1) is 0 Å². The molecule has 19 heavy (non-hydrogen) atoms. The number of hydrogen-bond acceptors (Lipinski definition) is 2. The van der Waals surface area contributed by atoms with Gasteiger partial charge in [-0.1, -0.05) is 26.2 Å². The van der Waals surface area contributed by atoms with Crippen LogP contribution in [0, 0.1) is 11.8 Å². The van der Waals surface area contributed by atoms with Crippen molar-refractivity contribution >= 4 is 5.97 Å². The Morgan fingerprint density at radius 3 is 2.42 bits per heavy atom. The van der Waals surface area contributed by atoms with E-state index in [1.54, 1.807) is 0 Å². The smallest absolute Gasteiger partial charge is 0.303 e. The molecule has 2 fully saturated rings. The van der Waals surface area contributed by atoms with Crippen LogP contribution in [0.2, 0.25) is 0 Å². The second kappa shape index (κ2) is 7.28. The number of nitrogens with zero attached hydrogens (tertiary/aromatic N) is 1. The molecular weight excluding hydrogens is 238 g/mol. The van der Waals surface area contributed by atoms with Gasteiger partial charge in [-0.3, -0.25) is 4.79 Å². The molecule has 110 valence electrons. The van der Waals surface area contributed by atoms with Gasteiger partial charge in [0.25, 0.3) is 0 Å². The van der Waals surface area contributed by atoms with Crippen LogP contribution in [0.1, 0.15) is 64.7 Å². The van der Waals surface area contributed by atoms with Crippen molar-refractivity contribution in [3.63, 3.8) is 0 Å². The normalized spacial score (nSPS) is 31.0. The predicted octanol–water partition coefficient (Wildman–Crippen LogP) is 3.53. The van der Waals surface area contributed by atoms with Crippen molar-refractivity contribution in [2.45, 2.75) is 70.8 Å². The summed E-state index contributed by atoms with van der Waals surface area (Å²) >= 11 is 0. The first kappa shape index (κ1) is 14.8. The van der Waals surface area contributed by atoms with Gasteiger partial charge in [-0.2, -0.15) is 0 Å². The Morgan fingerprint density at radius 1 is 1.05 bits per heavy atom. The second-order valence-electron chi connectivity index (χ2n) is 6.51. The van der Waals surface area contributed by atoms with Crippen LogP contribution in [0.15, 0.2) is 0 Å². The summed E-state index contributed by atoms with van der Waals surface area (Å²) in [4.78, 5) is 13.4. The third-order valence-electron chi connectivity index (χ3n) is 5.26. The molecular formula is C16H29NO2. The van der Waals surface area contributed by atoms with Crippen LogP contribution >= 0.6 is 0 Å². The maximum atomic E-state index is 10.8. The molecule has 0 aromatic carbocycles. The zero-order valence-electron chi connectivity index (χ0n) is 12.3. The number of aliphatic carboxylic acids is 1. The Kier molecular flexibility index (Phi) is 5.68. The molecule has 1 saturated heterocycles. The summed E-state index contributed by atoms with van der Waals surface area (Å²) in [6.45, 7) is 4.57. The maximum absolute atomic E-state index is 10.8. The van der Waals surface area contributed by atoms with Crippen molar-refractivity contribution in [2.75, 3.05) is 13.1 Å². The molecule has 0 aromatic rings. The zero-order valence-corrected chi connectivity index (χ0v) is 12.3. The summed E-state index contributed by atoms with van der Waals surface area (Å²) in [6, 6.07) is 0.780. The molecule has 0 bridgehead atoms. The van der Waals surface area contributed by atoms with Crippen LogP contribution in [0.25, 0.3) is 0 Å². The molecule has 1 heterocycles. The first-order chi connectivity index (χ1) is 9.19. The van der Waals surface area contributed by atoms with E-state index in [4.69, 9.17) is 5.11 Å². The van der Waals surface area contributed by atoms with Gasteiger partial charge in [0.1, 0.15) is 0 Å². The summed E-state index contributed by atoms with van der Waals surface area (Å²) in [5.74, 6) is 0.746. The van der Waals surface area contributed by atoms with Gasteiger partial charge in [0.05, 0.1) is 0 Å². The van der Waals surface area contributed by atoms with Crippen molar-refractivity contribution in [1.82, 2.24) is 4.90 Å². The number of rotatable bonds is 4. The van der Waals surface area contributed by atoms with Crippen molar-refractivity contribution in [1.29, 1.82) is 0 Å². The molecule has 1 N–H and O–H groups in total. The predicted molar refractivity (Wildman–Crippen MR) is 77.2 cm³/mol. The fourth-order valence-electron chi connectivity index (χ4n) is 3.90.